The van der Waals surface area contributed by atoms with Gasteiger partial charge in [0.25, 0.3) is 0 Å². The van der Waals surface area contributed by atoms with Crippen molar-refractivity contribution in [3.8, 4) is 0 Å². The van der Waals surface area contributed by atoms with Gasteiger partial charge in [0.15, 0.2) is 0 Å². The maximum atomic E-state index is 5.77. The zero-order chi connectivity index (χ0) is 21.0. The zero-order valence-corrected chi connectivity index (χ0v) is 19.5. The lowest BCUT2D eigenvalue weighted by molar-refractivity contribution is 0.125. The van der Waals surface area contributed by atoms with E-state index in [2.05, 4.69) is 62.4 Å². The maximum absolute atomic E-state index is 5.77. The van der Waals surface area contributed by atoms with Gasteiger partial charge in [-0.25, -0.2) is 0 Å². The van der Waals surface area contributed by atoms with Crippen molar-refractivity contribution in [3.63, 3.8) is 0 Å². The molecule has 3 rings (SSSR count). The molecule has 1 nitrogen and oxygen atoms in total. The quantitative estimate of drug-likeness (QED) is 0.278. The lowest BCUT2D eigenvalue weighted by Gasteiger charge is -2.38. The lowest BCUT2D eigenvalue weighted by atomic mass is 9.68. The number of rotatable bonds is 10. The van der Waals surface area contributed by atoms with Crippen molar-refractivity contribution in [1.29, 1.82) is 0 Å². The molecule has 0 aliphatic heterocycles. The van der Waals surface area contributed by atoms with Crippen molar-refractivity contribution in [2.75, 3.05) is 6.61 Å². The van der Waals surface area contributed by atoms with Gasteiger partial charge in [0.05, 0.1) is 13.2 Å². The molecule has 2 saturated carbocycles. The Morgan fingerprint density at radius 1 is 0.767 bits per heavy atom. The Kier molecular flexibility index (Phi) is 10.2. The fourth-order valence-electron chi connectivity index (χ4n) is 5.76. The summed E-state index contributed by atoms with van der Waals surface area (Å²) in [5, 5.41) is 0. The van der Waals surface area contributed by atoms with Gasteiger partial charge >= 0.3 is 0 Å². The Morgan fingerprint density at radius 3 is 2.00 bits per heavy atom. The van der Waals surface area contributed by atoms with Crippen LogP contribution in [0.3, 0.4) is 0 Å². The molecule has 1 heteroatoms. The van der Waals surface area contributed by atoms with E-state index in [9.17, 15) is 0 Å². The van der Waals surface area contributed by atoms with Crippen molar-refractivity contribution < 1.29 is 4.74 Å². The third-order valence-electron chi connectivity index (χ3n) is 7.69. The van der Waals surface area contributed by atoms with Crippen molar-refractivity contribution in [2.45, 2.75) is 97.0 Å². The van der Waals surface area contributed by atoms with Crippen LogP contribution < -0.4 is 0 Å². The molecule has 30 heavy (non-hydrogen) atoms. The smallest absolute Gasteiger partial charge is 0.0717 e. The van der Waals surface area contributed by atoms with Gasteiger partial charge in [-0.15, -0.1) is 0 Å². The highest BCUT2D eigenvalue weighted by Crippen LogP contribution is 2.44. The number of benzene rings is 1. The minimum Gasteiger partial charge on any atom is -0.376 e. The van der Waals surface area contributed by atoms with Crippen molar-refractivity contribution >= 4 is 0 Å². The van der Waals surface area contributed by atoms with Gasteiger partial charge in [-0.2, -0.15) is 0 Å². The Hall–Kier alpha value is -1.34. The topological polar surface area (TPSA) is 9.23 Å². The summed E-state index contributed by atoms with van der Waals surface area (Å²) >= 11 is 0. The van der Waals surface area contributed by atoms with Gasteiger partial charge in [-0.05, 0) is 106 Å². The SMILES string of the molecule is CC=CCCOCc1ccc(C2CCC(C3CCC(CC/C=C/C)CC3)CC2)cc1. The monoisotopic (exact) mass is 408 g/mol. The van der Waals surface area contributed by atoms with Gasteiger partial charge in [0.2, 0.25) is 0 Å². The Balaban J connectivity index is 1.36. The summed E-state index contributed by atoms with van der Waals surface area (Å²) in [4.78, 5) is 0. The zero-order valence-electron chi connectivity index (χ0n) is 19.5. The Labute approximate surface area is 186 Å². The average Bonchev–Trinajstić information content (AvgIpc) is 2.80. The molecule has 0 atom stereocenters. The van der Waals surface area contributed by atoms with Crippen LogP contribution >= 0.6 is 0 Å². The molecule has 1 aromatic rings. The minimum absolute atomic E-state index is 0.738. The molecule has 1 aromatic carbocycles. The molecule has 0 spiro atoms. The number of ether oxygens (including phenoxy) is 1. The molecule has 0 heterocycles. The summed E-state index contributed by atoms with van der Waals surface area (Å²) in [6.45, 7) is 5.75. The predicted molar refractivity (Wildman–Crippen MR) is 130 cm³/mol. The fourth-order valence-corrected chi connectivity index (χ4v) is 5.76. The van der Waals surface area contributed by atoms with E-state index in [-0.39, 0.29) is 0 Å². The fraction of sp³-hybridized carbons (Fsp3) is 0.655. The number of hydrogen-bond donors (Lipinski definition) is 0. The predicted octanol–water partition coefficient (Wildman–Crippen LogP) is 8.61. The Morgan fingerprint density at radius 2 is 1.37 bits per heavy atom. The van der Waals surface area contributed by atoms with Gasteiger partial charge in [-0.1, -0.05) is 61.4 Å². The van der Waals surface area contributed by atoms with Crippen LogP contribution in [0.1, 0.15) is 102 Å². The first-order valence-corrected chi connectivity index (χ1v) is 12.7. The average molecular weight is 409 g/mol. The highest BCUT2D eigenvalue weighted by atomic mass is 16.5. The van der Waals surface area contributed by atoms with E-state index < -0.39 is 0 Å². The number of hydrogen-bond acceptors (Lipinski definition) is 1. The standard InChI is InChI=1S/C29H44O/c1-3-5-7-9-24-10-14-26(15-11-24)28-18-20-29(21-19-28)27-16-12-25(13-17-27)23-30-22-8-6-4-2/h3-6,12-13,16-17,24,26,28-29H,7-11,14-15,18-23H2,1-2H3/b5-3+,6-4?. The molecular weight excluding hydrogens is 364 g/mol. The van der Waals surface area contributed by atoms with Gasteiger partial charge < -0.3 is 4.74 Å². The van der Waals surface area contributed by atoms with E-state index in [0.717, 1.165) is 43.3 Å². The normalized spacial score (nSPS) is 27.8. The summed E-state index contributed by atoms with van der Waals surface area (Å²) < 4.78 is 5.77. The molecule has 2 fully saturated rings. The van der Waals surface area contributed by atoms with E-state index in [1.54, 1.807) is 5.56 Å². The largest absolute Gasteiger partial charge is 0.376 e. The molecule has 166 valence electrons. The second-order valence-corrected chi connectivity index (χ2v) is 9.69. The van der Waals surface area contributed by atoms with E-state index in [1.165, 1.54) is 69.8 Å². The summed E-state index contributed by atoms with van der Waals surface area (Å²) in [6.07, 6.45) is 24.2. The van der Waals surface area contributed by atoms with E-state index in [4.69, 9.17) is 4.74 Å². The number of allylic oxidation sites excluding steroid dienone is 3. The van der Waals surface area contributed by atoms with E-state index in [0.29, 0.717) is 0 Å². The molecule has 0 N–H and O–H groups in total. The summed E-state index contributed by atoms with van der Waals surface area (Å²) in [5.41, 5.74) is 2.86. The first-order chi connectivity index (χ1) is 14.8. The van der Waals surface area contributed by atoms with Crippen LogP contribution in [-0.4, -0.2) is 6.61 Å². The van der Waals surface area contributed by atoms with Crippen LogP contribution in [0.2, 0.25) is 0 Å². The first kappa shape index (κ1) is 23.3. The van der Waals surface area contributed by atoms with Gasteiger partial charge in [0.1, 0.15) is 0 Å². The van der Waals surface area contributed by atoms with Crippen molar-refractivity contribution in [3.05, 3.63) is 59.7 Å². The third-order valence-corrected chi connectivity index (χ3v) is 7.69. The van der Waals surface area contributed by atoms with Gasteiger partial charge in [-0.3, -0.25) is 0 Å². The molecule has 0 saturated heterocycles. The maximum Gasteiger partial charge on any atom is 0.0717 e. The summed E-state index contributed by atoms with van der Waals surface area (Å²) in [7, 11) is 0. The third kappa shape index (κ3) is 7.41. The summed E-state index contributed by atoms with van der Waals surface area (Å²) in [5.74, 6) is 3.80. The second kappa shape index (κ2) is 13.2. The van der Waals surface area contributed by atoms with E-state index in [1.807, 2.05) is 0 Å². The highest BCUT2D eigenvalue weighted by Gasteiger charge is 2.31. The van der Waals surface area contributed by atoms with Crippen LogP contribution in [0, 0.1) is 17.8 Å². The molecule has 2 aliphatic carbocycles. The summed E-state index contributed by atoms with van der Waals surface area (Å²) in [6, 6.07) is 9.30. The molecule has 0 bridgehead atoms. The molecule has 0 unspecified atom stereocenters. The highest BCUT2D eigenvalue weighted by molar-refractivity contribution is 5.25. The molecule has 2 aliphatic rings. The van der Waals surface area contributed by atoms with Crippen LogP contribution in [0.15, 0.2) is 48.6 Å². The van der Waals surface area contributed by atoms with Crippen LogP contribution in [0.4, 0.5) is 0 Å². The van der Waals surface area contributed by atoms with E-state index >= 15 is 0 Å². The second-order valence-electron chi connectivity index (χ2n) is 9.69. The van der Waals surface area contributed by atoms with Crippen LogP contribution in [0.25, 0.3) is 0 Å². The van der Waals surface area contributed by atoms with Gasteiger partial charge in [0, 0.05) is 0 Å². The molecule has 0 aromatic heterocycles. The van der Waals surface area contributed by atoms with Crippen LogP contribution in [0.5, 0.6) is 0 Å². The minimum atomic E-state index is 0.738. The first-order valence-electron chi connectivity index (χ1n) is 12.7. The lowest BCUT2D eigenvalue weighted by Crippen LogP contribution is -2.25. The van der Waals surface area contributed by atoms with Crippen LogP contribution in [-0.2, 0) is 11.3 Å². The molecular formula is C29H44O. The van der Waals surface area contributed by atoms with Crippen molar-refractivity contribution in [1.82, 2.24) is 0 Å². The molecule has 0 radical (unpaired) electrons. The van der Waals surface area contributed by atoms with Crippen molar-refractivity contribution in [2.24, 2.45) is 17.8 Å². The Bertz CT molecular complexity index is 625. The molecule has 0 amide bonds.